The molecule has 0 aliphatic carbocycles. The molecule has 4 nitrogen and oxygen atoms in total. The van der Waals surface area contributed by atoms with Gasteiger partial charge in [-0.3, -0.25) is 0 Å². The number of aliphatic hydroxyl groups is 1. The third-order valence-electron chi connectivity index (χ3n) is 3.28. The monoisotopic (exact) mass is 244 g/mol. The Hall–Kier alpha value is -0.160. The van der Waals surface area contributed by atoms with Crippen LogP contribution in [0.5, 0.6) is 0 Å². The summed E-state index contributed by atoms with van der Waals surface area (Å²) in [4.78, 5) is 2.43. The molecule has 0 amide bonds. The quantitative estimate of drug-likeness (QED) is 0.727. The second kappa shape index (κ2) is 7.31. The maximum Gasteiger partial charge on any atom is 0.0611 e. The summed E-state index contributed by atoms with van der Waals surface area (Å²) in [5.41, 5.74) is -0.165. The molecule has 4 heteroatoms. The molecule has 0 spiro atoms. The third kappa shape index (κ3) is 5.82. The summed E-state index contributed by atoms with van der Waals surface area (Å²) in [7, 11) is 0. The normalized spacial score (nSPS) is 22.4. The van der Waals surface area contributed by atoms with Crippen LogP contribution in [0.4, 0.5) is 0 Å². The van der Waals surface area contributed by atoms with Gasteiger partial charge < -0.3 is 20.1 Å². The second-order valence-electron chi connectivity index (χ2n) is 5.58. The van der Waals surface area contributed by atoms with Crippen molar-refractivity contribution in [3.05, 3.63) is 0 Å². The number of ether oxygens (including phenoxy) is 1. The van der Waals surface area contributed by atoms with Crippen molar-refractivity contribution in [1.82, 2.24) is 10.2 Å². The molecular formula is C13H28N2O2. The predicted molar refractivity (Wildman–Crippen MR) is 70.3 cm³/mol. The summed E-state index contributed by atoms with van der Waals surface area (Å²) in [6.07, 6.45) is 2.09. The zero-order valence-electron chi connectivity index (χ0n) is 11.5. The molecule has 1 unspecified atom stereocenters. The largest absolute Gasteiger partial charge is 0.394 e. The molecule has 1 aliphatic rings. The van der Waals surface area contributed by atoms with E-state index >= 15 is 0 Å². The average Bonchev–Trinajstić information content (AvgIpc) is 2.54. The van der Waals surface area contributed by atoms with Crippen molar-refractivity contribution in [2.75, 3.05) is 39.5 Å². The molecule has 0 aromatic rings. The first-order valence-electron chi connectivity index (χ1n) is 6.74. The average molecular weight is 244 g/mol. The zero-order chi connectivity index (χ0) is 12.7. The van der Waals surface area contributed by atoms with Crippen molar-refractivity contribution in [2.24, 2.45) is 0 Å². The summed E-state index contributed by atoms with van der Waals surface area (Å²) in [5, 5.41) is 13.0. The first-order chi connectivity index (χ1) is 8.06. The SMILES string of the molecule is CC(C)NC(C)(CO)CCN1CCCOCC1. The fourth-order valence-electron chi connectivity index (χ4n) is 2.32. The van der Waals surface area contributed by atoms with E-state index in [0.29, 0.717) is 6.04 Å². The summed E-state index contributed by atoms with van der Waals surface area (Å²) in [6.45, 7) is 11.4. The van der Waals surface area contributed by atoms with Crippen LogP contribution in [0.3, 0.4) is 0 Å². The Kier molecular flexibility index (Phi) is 6.41. The van der Waals surface area contributed by atoms with Crippen LogP contribution in [-0.4, -0.2) is 61.0 Å². The van der Waals surface area contributed by atoms with Crippen molar-refractivity contribution < 1.29 is 9.84 Å². The standard InChI is InChI=1S/C13H28N2O2/c1-12(2)14-13(3,11-16)5-7-15-6-4-9-17-10-8-15/h12,14,16H,4-11H2,1-3H3. The molecule has 17 heavy (non-hydrogen) atoms. The van der Waals surface area contributed by atoms with Gasteiger partial charge in [-0.15, -0.1) is 0 Å². The molecule has 0 saturated carbocycles. The number of hydrogen-bond acceptors (Lipinski definition) is 4. The third-order valence-corrected chi connectivity index (χ3v) is 3.28. The van der Waals surface area contributed by atoms with Gasteiger partial charge in [0.25, 0.3) is 0 Å². The van der Waals surface area contributed by atoms with Crippen molar-refractivity contribution in [2.45, 2.75) is 45.2 Å². The molecule has 0 radical (unpaired) electrons. The lowest BCUT2D eigenvalue weighted by Gasteiger charge is -2.33. The molecule has 1 fully saturated rings. The molecule has 1 aliphatic heterocycles. The van der Waals surface area contributed by atoms with Crippen LogP contribution < -0.4 is 5.32 Å². The van der Waals surface area contributed by atoms with E-state index in [0.717, 1.165) is 45.7 Å². The summed E-state index contributed by atoms with van der Waals surface area (Å²) in [6, 6.07) is 0.402. The highest BCUT2D eigenvalue weighted by atomic mass is 16.5. The van der Waals surface area contributed by atoms with Gasteiger partial charge in [-0.2, -0.15) is 0 Å². The second-order valence-corrected chi connectivity index (χ2v) is 5.58. The number of nitrogens with one attached hydrogen (secondary N) is 1. The van der Waals surface area contributed by atoms with E-state index in [1.54, 1.807) is 0 Å². The van der Waals surface area contributed by atoms with Crippen LogP contribution in [0.25, 0.3) is 0 Å². The van der Waals surface area contributed by atoms with Crippen LogP contribution >= 0.6 is 0 Å². The maximum absolute atomic E-state index is 9.51. The minimum Gasteiger partial charge on any atom is -0.394 e. The summed E-state index contributed by atoms with van der Waals surface area (Å²) >= 11 is 0. The highest BCUT2D eigenvalue weighted by molar-refractivity contribution is 4.85. The Bertz CT molecular complexity index is 204. The van der Waals surface area contributed by atoms with Gasteiger partial charge in [0.05, 0.1) is 13.2 Å². The number of nitrogens with zero attached hydrogens (tertiary/aromatic N) is 1. The fourth-order valence-corrected chi connectivity index (χ4v) is 2.32. The summed E-state index contributed by atoms with van der Waals surface area (Å²) < 4.78 is 5.44. The van der Waals surface area contributed by atoms with Crippen LogP contribution in [0.1, 0.15) is 33.6 Å². The van der Waals surface area contributed by atoms with Gasteiger partial charge in [0.1, 0.15) is 0 Å². The van der Waals surface area contributed by atoms with Crippen LogP contribution in [0.2, 0.25) is 0 Å². The van der Waals surface area contributed by atoms with Crippen LogP contribution in [0, 0.1) is 0 Å². The Morgan fingerprint density at radius 3 is 2.76 bits per heavy atom. The van der Waals surface area contributed by atoms with E-state index in [1.165, 1.54) is 0 Å². The minimum absolute atomic E-state index is 0.165. The van der Waals surface area contributed by atoms with Crippen molar-refractivity contribution in [1.29, 1.82) is 0 Å². The molecule has 0 aromatic carbocycles. The molecule has 102 valence electrons. The van der Waals surface area contributed by atoms with E-state index in [9.17, 15) is 5.11 Å². The Balaban J connectivity index is 2.34. The number of rotatable bonds is 6. The number of hydrogen-bond donors (Lipinski definition) is 2. The highest BCUT2D eigenvalue weighted by Gasteiger charge is 2.24. The van der Waals surface area contributed by atoms with E-state index in [2.05, 4.69) is 31.0 Å². The van der Waals surface area contributed by atoms with Gasteiger partial charge in [0, 0.05) is 37.8 Å². The van der Waals surface area contributed by atoms with Crippen LogP contribution in [0.15, 0.2) is 0 Å². The fraction of sp³-hybridized carbons (Fsp3) is 1.00. The number of aliphatic hydroxyl groups excluding tert-OH is 1. The Morgan fingerprint density at radius 1 is 1.35 bits per heavy atom. The molecule has 1 rings (SSSR count). The van der Waals surface area contributed by atoms with E-state index in [4.69, 9.17) is 4.74 Å². The van der Waals surface area contributed by atoms with Gasteiger partial charge >= 0.3 is 0 Å². The lowest BCUT2D eigenvalue weighted by atomic mass is 9.97. The summed E-state index contributed by atoms with van der Waals surface area (Å²) in [5.74, 6) is 0. The van der Waals surface area contributed by atoms with Crippen molar-refractivity contribution >= 4 is 0 Å². The molecule has 1 atom stereocenters. The zero-order valence-corrected chi connectivity index (χ0v) is 11.5. The molecular weight excluding hydrogens is 216 g/mol. The molecule has 0 aromatic heterocycles. The first kappa shape index (κ1) is 14.9. The predicted octanol–water partition coefficient (Wildman–Crippen LogP) is 0.848. The lowest BCUT2D eigenvalue weighted by molar-refractivity contribution is 0.126. The smallest absolute Gasteiger partial charge is 0.0611 e. The first-order valence-corrected chi connectivity index (χ1v) is 6.74. The molecule has 2 N–H and O–H groups in total. The van der Waals surface area contributed by atoms with Gasteiger partial charge in [0.15, 0.2) is 0 Å². The maximum atomic E-state index is 9.51. The van der Waals surface area contributed by atoms with Gasteiger partial charge in [0.2, 0.25) is 0 Å². The van der Waals surface area contributed by atoms with Gasteiger partial charge in [-0.25, -0.2) is 0 Å². The van der Waals surface area contributed by atoms with E-state index in [1.807, 2.05) is 0 Å². The highest BCUT2D eigenvalue weighted by Crippen LogP contribution is 2.12. The Labute approximate surface area is 105 Å². The van der Waals surface area contributed by atoms with Crippen molar-refractivity contribution in [3.8, 4) is 0 Å². The van der Waals surface area contributed by atoms with Gasteiger partial charge in [-0.05, 0) is 19.8 Å². The molecule has 0 bridgehead atoms. The van der Waals surface area contributed by atoms with Gasteiger partial charge in [-0.1, -0.05) is 13.8 Å². The van der Waals surface area contributed by atoms with E-state index < -0.39 is 0 Å². The molecule has 1 heterocycles. The van der Waals surface area contributed by atoms with E-state index in [-0.39, 0.29) is 12.1 Å². The minimum atomic E-state index is -0.165. The topological polar surface area (TPSA) is 44.7 Å². The molecule has 1 saturated heterocycles. The Morgan fingerprint density at radius 2 is 2.12 bits per heavy atom. The van der Waals surface area contributed by atoms with Crippen molar-refractivity contribution in [3.63, 3.8) is 0 Å². The van der Waals surface area contributed by atoms with Crippen LogP contribution in [-0.2, 0) is 4.74 Å². The lowest BCUT2D eigenvalue weighted by Crippen LogP contribution is -2.51.